The molecular formula is C16H15BrN2O2. The van der Waals surface area contributed by atoms with Crippen LogP contribution in [-0.4, -0.2) is 11.1 Å². The minimum Gasteiger partial charge on any atom is -0.491 e. The van der Waals surface area contributed by atoms with E-state index in [-0.39, 0.29) is 17.2 Å². The number of pyridine rings is 1. The van der Waals surface area contributed by atoms with Crippen LogP contribution in [0.1, 0.15) is 25.1 Å². The topological polar surface area (TPSA) is 65.9 Å². The number of nitrogens with one attached hydrogen (secondary N) is 1. The van der Waals surface area contributed by atoms with Crippen LogP contribution in [0.2, 0.25) is 0 Å². The number of hydrogen-bond donors (Lipinski definition) is 1. The van der Waals surface area contributed by atoms with Crippen LogP contribution in [0.3, 0.4) is 0 Å². The van der Waals surface area contributed by atoms with Gasteiger partial charge >= 0.3 is 0 Å². The van der Waals surface area contributed by atoms with Crippen LogP contribution in [0.25, 0.3) is 11.1 Å². The van der Waals surface area contributed by atoms with Crippen molar-refractivity contribution in [3.8, 4) is 22.9 Å². The number of H-pyrrole nitrogens is 1. The highest BCUT2D eigenvalue weighted by Crippen LogP contribution is 2.33. The molecule has 0 saturated heterocycles. The van der Waals surface area contributed by atoms with Crippen molar-refractivity contribution in [1.82, 2.24) is 4.98 Å². The number of benzene rings is 1. The van der Waals surface area contributed by atoms with E-state index in [0.717, 1.165) is 10.0 Å². The summed E-state index contributed by atoms with van der Waals surface area (Å²) < 4.78 is 6.48. The lowest BCUT2D eigenvalue weighted by atomic mass is 10.0. The van der Waals surface area contributed by atoms with Gasteiger partial charge in [0.2, 0.25) is 0 Å². The average Bonchev–Trinajstić information content (AvgIpc) is 2.39. The van der Waals surface area contributed by atoms with Crippen molar-refractivity contribution in [2.75, 3.05) is 0 Å². The standard InChI is InChI=1S/C16H15BrN2O2/c1-9(2)21-11-4-5-15(17)13(7-11)12-6-10(3)19-16(20)14(12)8-18/h4-7,9H,1-3H3,(H,19,20). The second-order valence-corrected chi connectivity index (χ2v) is 5.84. The summed E-state index contributed by atoms with van der Waals surface area (Å²) in [6.07, 6.45) is 0.0513. The summed E-state index contributed by atoms with van der Waals surface area (Å²) in [5, 5.41) is 9.24. The smallest absolute Gasteiger partial charge is 0.266 e. The van der Waals surface area contributed by atoms with Gasteiger partial charge in [-0.05, 0) is 45.0 Å². The minimum absolute atomic E-state index is 0.0513. The van der Waals surface area contributed by atoms with Crippen LogP contribution in [0.5, 0.6) is 5.75 Å². The number of nitrogens with zero attached hydrogens (tertiary/aromatic N) is 1. The number of rotatable bonds is 3. The number of aryl methyl sites for hydroxylation is 1. The second-order valence-electron chi connectivity index (χ2n) is 4.99. The molecule has 0 saturated carbocycles. The molecule has 2 aromatic rings. The third-order valence-electron chi connectivity index (χ3n) is 2.88. The third kappa shape index (κ3) is 3.34. The Balaban J connectivity index is 2.67. The first-order valence-corrected chi connectivity index (χ1v) is 7.32. The lowest BCUT2D eigenvalue weighted by Crippen LogP contribution is -2.13. The summed E-state index contributed by atoms with van der Waals surface area (Å²) in [6.45, 7) is 5.67. The lowest BCUT2D eigenvalue weighted by molar-refractivity contribution is 0.242. The van der Waals surface area contributed by atoms with Gasteiger partial charge < -0.3 is 9.72 Å². The molecule has 1 N–H and O–H groups in total. The molecule has 0 aliphatic rings. The number of ether oxygens (including phenoxy) is 1. The van der Waals surface area contributed by atoms with Crippen LogP contribution >= 0.6 is 15.9 Å². The summed E-state index contributed by atoms with van der Waals surface area (Å²) >= 11 is 3.47. The van der Waals surface area contributed by atoms with Crippen LogP contribution in [0.15, 0.2) is 33.5 Å². The maximum Gasteiger partial charge on any atom is 0.266 e. The first-order valence-electron chi connectivity index (χ1n) is 6.53. The van der Waals surface area contributed by atoms with Gasteiger partial charge in [0.15, 0.2) is 0 Å². The Labute approximate surface area is 131 Å². The van der Waals surface area contributed by atoms with Crippen molar-refractivity contribution in [3.63, 3.8) is 0 Å². The Morgan fingerprint density at radius 1 is 1.29 bits per heavy atom. The van der Waals surface area contributed by atoms with E-state index in [4.69, 9.17) is 4.74 Å². The van der Waals surface area contributed by atoms with Gasteiger partial charge in [-0.3, -0.25) is 4.79 Å². The van der Waals surface area contributed by atoms with Gasteiger partial charge in [0.05, 0.1) is 6.10 Å². The summed E-state index contributed by atoms with van der Waals surface area (Å²) in [7, 11) is 0. The van der Waals surface area contributed by atoms with Gasteiger partial charge in [-0.2, -0.15) is 5.26 Å². The molecule has 0 bridgehead atoms. The van der Waals surface area contributed by atoms with Gasteiger partial charge in [0.1, 0.15) is 17.4 Å². The van der Waals surface area contributed by atoms with Crippen LogP contribution < -0.4 is 10.3 Å². The molecule has 0 aliphatic carbocycles. The van der Waals surface area contributed by atoms with Crippen LogP contribution in [0.4, 0.5) is 0 Å². The van der Waals surface area contributed by atoms with Crippen molar-refractivity contribution >= 4 is 15.9 Å². The molecule has 0 unspecified atom stereocenters. The minimum atomic E-state index is -0.380. The molecule has 4 nitrogen and oxygen atoms in total. The fraction of sp³-hybridized carbons (Fsp3) is 0.250. The van der Waals surface area contributed by atoms with Crippen molar-refractivity contribution in [2.24, 2.45) is 0 Å². The molecule has 0 fully saturated rings. The lowest BCUT2D eigenvalue weighted by Gasteiger charge is -2.13. The monoisotopic (exact) mass is 346 g/mol. The fourth-order valence-electron chi connectivity index (χ4n) is 2.07. The maximum absolute atomic E-state index is 11.9. The Morgan fingerprint density at radius 2 is 2.00 bits per heavy atom. The molecule has 1 heterocycles. The number of hydrogen-bond acceptors (Lipinski definition) is 3. The summed E-state index contributed by atoms with van der Waals surface area (Å²) in [5.41, 5.74) is 1.78. The molecule has 0 spiro atoms. The van der Waals surface area contributed by atoms with Gasteiger partial charge in [-0.15, -0.1) is 0 Å². The first kappa shape index (κ1) is 15.3. The Hall–Kier alpha value is -2.06. The van der Waals surface area contributed by atoms with Crippen LogP contribution in [0, 0.1) is 18.3 Å². The zero-order valence-corrected chi connectivity index (χ0v) is 13.6. The number of nitriles is 1. The molecule has 0 radical (unpaired) electrons. The number of halogens is 1. The summed E-state index contributed by atoms with van der Waals surface area (Å²) in [4.78, 5) is 14.6. The quantitative estimate of drug-likeness (QED) is 0.919. The Kier molecular flexibility index (Phi) is 4.49. The van der Waals surface area contributed by atoms with E-state index >= 15 is 0 Å². The van der Waals surface area contributed by atoms with E-state index in [1.54, 1.807) is 13.0 Å². The molecule has 21 heavy (non-hydrogen) atoms. The maximum atomic E-state index is 11.9. The molecule has 1 aromatic carbocycles. The summed E-state index contributed by atoms with van der Waals surface area (Å²) in [6, 6.07) is 9.29. The molecular weight excluding hydrogens is 332 g/mol. The Morgan fingerprint density at radius 3 is 2.62 bits per heavy atom. The van der Waals surface area contributed by atoms with E-state index < -0.39 is 0 Å². The molecule has 0 amide bonds. The number of aromatic amines is 1. The van der Waals surface area contributed by atoms with Gasteiger partial charge in [0.25, 0.3) is 5.56 Å². The second kappa shape index (κ2) is 6.15. The third-order valence-corrected chi connectivity index (χ3v) is 3.57. The van der Waals surface area contributed by atoms with Crippen LogP contribution in [-0.2, 0) is 0 Å². The highest BCUT2D eigenvalue weighted by Gasteiger charge is 2.14. The van der Waals surface area contributed by atoms with Gasteiger partial charge in [-0.25, -0.2) is 0 Å². The normalized spacial score (nSPS) is 10.5. The highest BCUT2D eigenvalue weighted by atomic mass is 79.9. The Bertz CT molecular complexity index is 773. The largest absolute Gasteiger partial charge is 0.491 e. The fourth-order valence-corrected chi connectivity index (χ4v) is 2.53. The molecule has 5 heteroatoms. The molecule has 2 rings (SSSR count). The van der Waals surface area contributed by atoms with E-state index in [1.807, 2.05) is 38.1 Å². The van der Waals surface area contributed by atoms with Gasteiger partial charge in [-0.1, -0.05) is 15.9 Å². The van der Waals surface area contributed by atoms with E-state index in [2.05, 4.69) is 20.9 Å². The predicted molar refractivity (Wildman–Crippen MR) is 85.4 cm³/mol. The molecule has 108 valence electrons. The molecule has 0 aliphatic heterocycles. The summed E-state index contributed by atoms with van der Waals surface area (Å²) in [5.74, 6) is 0.699. The predicted octanol–water partition coefficient (Wildman–Crippen LogP) is 3.77. The number of aromatic nitrogens is 1. The average molecular weight is 347 g/mol. The van der Waals surface area contributed by atoms with Crippen molar-refractivity contribution in [2.45, 2.75) is 26.9 Å². The van der Waals surface area contributed by atoms with E-state index in [9.17, 15) is 10.1 Å². The zero-order valence-electron chi connectivity index (χ0n) is 12.0. The van der Waals surface area contributed by atoms with Gasteiger partial charge in [0, 0.05) is 21.3 Å². The van der Waals surface area contributed by atoms with E-state index in [0.29, 0.717) is 17.0 Å². The molecule has 0 atom stereocenters. The highest BCUT2D eigenvalue weighted by molar-refractivity contribution is 9.10. The van der Waals surface area contributed by atoms with Crippen molar-refractivity contribution in [3.05, 3.63) is 50.3 Å². The van der Waals surface area contributed by atoms with Crippen molar-refractivity contribution < 1.29 is 4.74 Å². The van der Waals surface area contributed by atoms with E-state index in [1.165, 1.54) is 0 Å². The SMILES string of the molecule is Cc1cc(-c2cc(OC(C)C)ccc2Br)c(C#N)c(=O)[nH]1. The van der Waals surface area contributed by atoms with Crippen molar-refractivity contribution in [1.29, 1.82) is 5.26 Å². The first-order chi connectivity index (χ1) is 9.92. The zero-order chi connectivity index (χ0) is 15.6. The molecule has 1 aromatic heterocycles.